The van der Waals surface area contributed by atoms with E-state index in [1.807, 2.05) is 0 Å². The quantitative estimate of drug-likeness (QED) is 0.643. The summed E-state index contributed by atoms with van der Waals surface area (Å²) >= 11 is 0. The molecule has 0 aromatic heterocycles. The molecule has 0 nitrogen and oxygen atoms in total. The molecule has 0 aliphatic heterocycles. The van der Waals surface area contributed by atoms with Crippen LogP contribution in [-0.4, -0.2) is 0 Å². The molecule has 0 radical (unpaired) electrons. The molecule has 0 aliphatic carbocycles. The highest BCUT2D eigenvalue weighted by molar-refractivity contribution is 5.66. The monoisotopic (exact) mass is 216 g/mol. The molecule has 0 heteroatoms. The second kappa shape index (κ2) is 6.52. The smallest absolute Gasteiger partial charge is 0.0216 e. The van der Waals surface area contributed by atoms with Crippen molar-refractivity contribution in [1.82, 2.24) is 0 Å². The molecule has 0 N–H and O–H groups in total. The van der Waals surface area contributed by atoms with Crippen LogP contribution in [0.25, 0.3) is 5.57 Å². The van der Waals surface area contributed by atoms with E-state index in [9.17, 15) is 0 Å². The van der Waals surface area contributed by atoms with E-state index >= 15 is 0 Å². The van der Waals surface area contributed by atoms with Crippen molar-refractivity contribution in [2.24, 2.45) is 5.92 Å². The second-order valence-corrected chi connectivity index (χ2v) is 4.70. The maximum atomic E-state index is 2.27. The zero-order chi connectivity index (χ0) is 12.0. The molecule has 0 heterocycles. The summed E-state index contributed by atoms with van der Waals surface area (Å²) in [6, 6.07) is 9.08. The highest BCUT2D eigenvalue weighted by Gasteiger charge is 2.04. The summed E-state index contributed by atoms with van der Waals surface area (Å²) in [6.07, 6.45) is 6.00. The van der Waals surface area contributed by atoms with Gasteiger partial charge in [0.15, 0.2) is 0 Å². The summed E-state index contributed by atoms with van der Waals surface area (Å²) in [5.41, 5.74) is 4.28. The number of rotatable bonds is 5. The van der Waals surface area contributed by atoms with Gasteiger partial charge in [0.2, 0.25) is 0 Å². The first-order valence-electron chi connectivity index (χ1n) is 6.44. The maximum absolute atomic E-state index is 2.27. The van der Waals surface area contributed by atoms with E-state index in [1.54, 1.807) is 0 Å². The van der Waals surface area contributed by atoms with Gasteiger partial charge >= 0.3 is 0 Å². The van der Waals surface area contributed by atoms with Gasteiger partial charge in [-0.3, -0.25) is 0 Å². The van der Waals surface area contributed by atoms with Gasteiger partial charge < -0.3 is 0 Å². The maximum Gasteiger partial charge on any atom is -0.0216 e. The van der Waals surface area contributed by atoms with Gasteiger partial charge in [-0.05, 0) is 42.4 Å². The van der Waals surface area contributed by atoms with Gasteiger partial charge in [0.1, 0.15) is 0 Å². The van der Waals surface area contributed by atoms with E-state index in [-0.39, 0.29) is 0 Å². The molecule has 0 saturated carbocycles. The van der Waals surface area contributed by atoms with Crippen molar-refractivity contribution in [1.29, 1.82) is 0 Å². The summed E-state index contributed by atoms with van der Waals surface area (Å²) in [5, 5.41) is 0. The molecule has 1 aromatic rings. The molecule has 0 saturated heterocycles. The number of hydrogen-bond acceptors (Lipinski definition) is 0. The van der Waals surface area contributed by atoms with Gasteiger partial charge in [-0.2, -0.15) is 0 Å². The molecular formula is C16H24. The molecule has 0 bridgehead atoms. The van der Waals surface area contributed by atoms with E-state index < -0.39 is 0 Å². The van der Waals surface area contributed by atoms with E-state index in [0.29, 0.717) is 5.92 Å². The van der Waals surface area contributed by atoms with Gasteiger partial charge in [-0.15, -0.1) is 0 Å². The van der Waals surface area contributed by atoms with Crippen molar-refractivity contribution in [3.05, 3.63) is 41.5 Å². The number of allylic oxidation sites excluding steroid dienone is 2. The van der Waals surface area contributed by atoms with Crippen LogP contribution >= 0.6 is 0 Å². The first-order chi connectivity index (χ1) is 7.69. The van der Waals surface area contributed by atoms with E-state index in [1.165, 1.54) is 36.0 Å². The second-order valence-electron chi connectivity index (χ2n) is 4.70. The molecule has 0 spiro atoms. The average molecular weight is 216 g/mol. The molecule has 0 fully saturated rings. The minimum atomic E-state index is 0.603. The zero-order valence-corrected chi connectivity index (χ0v) is 11.1. The Morgan fingerprint density at radius 3 is 2.25 bits per heavy atom. The molecule has 0 aliphatic rings. The fraction of sp³-hybridized carbons (Fsp3) is 0.500. The average Bonchev–Trinajstić information content (AvgIpc) is 2.28. The lowest BCUT2D eigenvalue weighted by molar-refractivity contribution is 0.794. The molecule has 0 atom stereocenters. The molecule has 88 valence electrons. The minimum absolute atomic E-state index is 0.603. The standard InChI is InChI=1S/C16H24/c1-5-7-8-14-9-11-15(12-10-14)16(6-2)13(3)4/h6,9-13H,5,7-8H2,1-4H3. The zero-order valence-electron chi connectivity index (χ0n) is 11.1. The van der Waals surface area contributed by atoms with Crippen LogP contribution in [-0.2, 0) is 6.42 Å². The van der Waals surface area contributed by atoms with Crippen LogP contribution in [0.5, 0.6) is 0 Å². The van der Waals surface area contributed by atoms with Crippen LogP contribution in [0.3, 0.4) is 0 Å². The van der Waals surface area contributed by atoms with Gasteiger partial charge in [-0.1, -0.05) is 57.5 Å². The largest absolute Gasteiger partial charge is 0.0836 e. The van der Waals surface area contributed by atoms with Crippen molar-refractivity contribution in [3.8, 4) is 0 Å². The van der Waals surface area contributed by atoms with Crippen LogP contribution < -0.4 is 0 Å². The van der Waals surface area contributed by atoms with E-state index in [0.717, 1.165) is 0 Å². The van der Waals surface area contributed by atoms with Crippen molar-refractivity contribution < 1.29 is 0 Å². The molecule has 16 heavy (non-hydrogen) atoms. The Kier molecular flexibility index (Phi) is 5.31. The van der Waals surface area contributed by atoms with Crippen LogP contribution in [0.1, 0.15) is 51.7 Å². The van der Waals surface area contributed by atoms with Gasteiger partial charge in [0.05, 0.1) is 0 Å². The first-order valence-corrected chi connectivity index (χ1v) is 6.44. The van der Waals surface area contributed by atoms with E-state index in [2.05, 4.69) is 58.0 Å². The Hall–Kier alpha value is -1.04. The third-order valence-corrected chi connectivity index (χ3v) is 3.04. The highest BCUT2D eigenvalue weighted by atomic mass is 14.1. The molecule has 0 amide bonds. The van der Waals surface area contributed by atoms with Crippen LogP contribution in [0, 0.1) is 5.92 Å². The molecule has 0 unspecified atom stereocenters. The molecule has 1 rings (SSSR count). The van der Waals surface area contributed by atoms with Crippen molar-refractivity contribution >= 4 is 5.57 Å². The van der Waals surface area contributed by atoms with Crippen molar-refractivity contribution in [2.45, 2.75) is 47.0 Å². The number of hydrogen-bond donors (Lipinski definition) is 0. The lowest BCUT2D eigenvalue weighted by atomic mass is 9.94. The Morgan fingerprint density at radius 2 is 1.81 bits per heavy atom. The van der Waals surface area contributed by atoms with Crippen LogP contribution in [0.4, 0.5) is 0 Å². The van der Waals surface area contributed by atoms with E-state index in [4.69, 9.17) is 0 Å². The lowest BCUT2D eigenvalue weighted by Crippen LogP contribution is -1.94. The summed E-state index contributed by atoms with van der Waals surface area (Å²) in [5.74, 6) is 0.603. The Labute approximate surface area is 100 Å². The highest BCUT2D eigenvalue weighted by Crippen LogP contribution is 2.23. The Morgan fingerprint density at radius 1 is 1.19 bits per heavy atom. The molecular weight excluding hydrogens is 192 g/mol. The van der Waals surface area contributed by atoms with Gasteiger partial charge in [0, 0.05) is 0 Å². The summed E-state index contributed by atoms with van der Waals surface area (Å²) < 4.78 is 0. The predicted octanol–water partition coefficient (Wildman–Crippen LogP) is 5.09. The fourth-order valence-electron chi connectivity index (χ4n) is 2.08. The Balaban J connectivity index is 2.78. The van der Waals surface area contributed by atoms with Gasteiger partial charge in [0.25, 0.3) is 0 Å². The topological polar surface area (TPSA) is 0 Å². The summed E-state index contributed by atoms with van der Waals surface area (Å²) in [7, 11) is 0. The third-order valence-electron chi connectivity index (χ3n) is 3.04. The first kappa shape index (κ1) is 13.0. The number of aryl methyl sites for hydroxylation is 1. The molecule has 1 aromatic carbocycles. The fourth-order valence-corrected chi connectivity index (χ4v) is 2.08. The number of benzene rings is 1. The number of unbranched alkanes of at least 4 members (excludes halogenated alkanes) is 1. The minimum Gasteiger partial charge on any atom is -0.0836 e. The Bertz CT molecular complexity index is 328. The third kappa shape index (κ3) is 3.52. The van der Waals surface area contributed by atoms with Gasteiger partial charge in [-0.25, -0.2) is 0 Å². The predicted molar refractivity (Wildman–Crippen MR) is 73.5 cm³/mol. The summed E-state index contributed by atoms with van der Waals surface area (Å²) in [6.45, 7) is 8.87. The summed E-state index contributed by atoms with van der Waals surface area (Å²) in [4.78, 5) is 0. The van der Waals surface area contributed by atoms with Crippen molar-refractivity contribution in [2.75, 3.05) is 0 Å². The van der Waals surface area contributed by atoms with Crippen LogP contribution in [0.2, 0.25) is 0 Å². The SMILES string of the molecule is CC=C(c1ccc(CCCC)cc1)C(C)C. The van der Waals surface area contributed by atoms with Crippen LogP contribution in [0.15, 0.2) is 30.3 Å². The normalized spacial score (nSPS) is 12.2. The lowest BCUT2D eigenvalue weighted by Gasteiger charge is -2.11. The van der Waals surface area contributed by atoms with Crippen molar-refractivity contribution in [3.63, 3.8) is 0 Å².